The lowest BCUT2D eigenvalue weighted by molar-refractivity contribution is 0.102. The third-order valence-corrected chi connectivity index (χ3v) is 2.86. The van der Waals surface area contributed by atoms with E-state index in [0.717, 1.165) is 16.8 Å². The molecule has 0 fully saturated rings. The fraction of sp³-hybridized carbons (Fsp3) is 0.214. The van der Waals surface area contributed by atoms with E-state index >= 15 is 0 Å². The fourth-order valence-corrected chi connectivity index (χ4v) is 1.76. The van der Waals surface area contributed by atoms with Gasteiger partial charge in [-0.15, -0.1) is 0 Å². The van der Waals surface area contributed by atoms with E-state index in [1.807, 2.05) is 32.0 Å². The summed E-state index contributed by atoms with van der Waals surface area (Å²) >= 11 is 0. The van der Waals surface area contributed by atoms with Gasteiger partial charge in [0.15, 0.2) is 0 Å². The van der Waals surface area contributed by atoms with Gasteiger partial charge in [0.25, 0.3) is 5.91 Å². The molecule has 2 N–H and O–H groups in total. The van der Waals surface area contributed by atoms with Crippen LogP contribution in [0.1, 0.15) is 21.6 Å². The van der Waals surface area contributed by atoms with Gasteiger partial charge in [-0.25, -0.2) is 9.97 Å². The third kappa shape index (κ3) is 2.88. The lowest BCUT2D eigenvalue weighted by atomic mass is 10.1. The van der Waals surface area contributed by atoms with E-state index in [0.29, 0.717) is 11.5 Å². The van der Waals surface area contributed by atoms with Crippen LogP contribution in [-0.2, 0) is 0 Å². The van der Waals surface area contributed by atoms with E-state index in [2.05, 4.69) is 20.6 Å². The van der Waals surface area contributed by atoms with Crippen molar-refractivity contribution < 1.29 is 4.79 Å². The van der Waals surface area contributed by atoms with Crippen LogP contribution < -0.4 is 10.6 Å². The highest BCUT2D eigenvalue weighted by Gasteiger charge is 2.11. The number of hydrogen-bond acceptors (Lipinski definition) is 4. The van der Waals surface area contributed by atoms with Crippen molar-refractivity contribution in [3.8, 4) is 0 Å². The van der Waals surface area contributed by atoms with Crippen LogP contribution in [0.3, 0.4) is 0 Å². The van der Waals surface area contributed by atoms with E-state index in [9.17, 15) is 4.79 Å². The number of anilines is 2. The lowest BCUT2D eigenvalue weighted by Crippen LogP contribution is -2.15. The Bertz CT molecular complexity index is 573. The molecule has 0 spiro atoms. The van der Waals surface area contributed by atoms with Crippen molar-refractivity contribution in [2.45, 2.75) is 13.8 Å². The number of nitrogens with zero attached hydrogens (tertiary/aromatic N) is 2. The maximum absolute atomic E-state index is 12.1. The average molecular weight is 256 g/mol. The largest absolute Gasteiger partial charge is 0.372 e. The number of carbonyl (C=O) groups excluding carboxylic acids is 1. The van der Waals surface area contributed by atoms with E-state index in [4.69, 9.17) is 0 Å². The second-order valence-electron chi connectivity index (χ2n) is 4.26. The third-order valence-electron chi connectivity index (χ3n) is 2.86. The first-order chi connectivity index (χ1) is 9.11. The number of benzene rings is 1. The normalized spacial score (nSPS) is 10.1. The molecule has 0 saturated carbocycles. The summed E-state index contributed by atoms with van der Waals surface area (Å²) in [6, 6.07) is 5.87. The van der Waals surface area contributed by atoms with Crippen molar-refractivity contribution in [3.63, 3.8) is 0 Å². The van der Waals surface area contributed by atoms with Crippen LogP contribution in [0.25, 0.3) is 0 Å². The number of aryl methyl sites for hydroxylation is 2. The summed E-state index contributed by atoms with van der Waals surface area (Å²) in [5.41, 5.74) is 3.16. The number of aromatic nitrogens is 2. The number of carbonyl (C=O) groups is 1. The predicted octanol–water partition coefficient (Wildman–Crippen LogP) is 2.39. The molecule has 1 aromatic carbocycles. The summed E-state index contributed by atoms with van der Waals surface area (Å²) in [6.45, 7) is 3.91. The van der Waals surface area contributed by atoms with Crippen LogP contribution in [0.2, 0.25) is 0 Å². The van der Waals surface area contributed by atoms with Crippen LogP contribution >= 0.6 is 0 Å². The van der Waals surface area contributed by atoms with Gasteiger partial charge < -0.3 is 10.6 Å². The Labute approximate surface area is 112 Å². The molecule has 2 rings (SSSR count). The maximum atomic E-state index is 12.1. The summed E-state index contributed by atoms with van der Waals surface area (Å²) < 4.78 is 0. The van der Waals surface area contributed by atoms with Crippen LogP contribution in [0, 0.1) is 13.8 Å². The van der Waals surface area contributed by atoms with Crippen molar-refractivity contribution in [2.24, 2.45) is 0 Å². The highest BCUT2D eigenvalue weighted by Crippen LogP contribution is 2.19. The molecular formula is C14H16N4O. The first kappa shape index (κ1) is 13.0. The second kappa shape index (κ2) is 5.48. The SMILES string of the molecule is CNc1cnc(C(=O)Nc2c(C)cccc2C)cn1. The number of rotatable bonds is 3. The minimum absolute atomic E-state index is 0.257. The summed E-state index contributed by atoms with van der Waals surface area (Å²) in [4.78, 5) is 20.2. The topological polar surface area (TPSA) is 66.9 Å². The van der Waals surface area contributed by atoms with Crippen molar-refractivity contribution in [2.75, 3.05) is 17.7 Å². The van der Waals surface area contributed by atoms with Crippen LogP contribution in [-0.4, -0.2) is 22.9 Å². The highest BCUT2D eigenvalue weighted by atomic mass is 16.1. The Morgan fingerprint density at radius 1 is 1.11 bits per heavy atom. The van der Waals surface area contributed by atoms with Gasteiger partial charge in [0.05, 0.1) is 12.4 Å². The fourth-order valence-electron chi connectivity index (χ4n) is 1.76. The van der Waals surface area contributed by atoms with Gasteiger partial charge in [0, 0.05) is 12.7 Å². The Hall–Kier alpha value is -2.43. The van der Waals surface area contributed by atoms with Gasteiger partial charge in [-0.1, -0.05) is 18.2 Å². The number of para-hydroxylation sites is 1. The Morgan fingerprint density at radius 3 is 2.32 bits per heavy atom. The van der Waals surface area contributed by atoms with E-state index in [1.54, 1.807) is 7.05 Å². The first-order valence-corrected chi connectivity index (χ1v) is 5.99. The second-order valence-corrected chi connectivity index (χ2v) is 4.26. The smallest absolute Gasteiger partial charge is 0.275 e. The van der Waals surface area contributed by atoms with Crippen LogP contribution in [0.5, 0.6) is 0 Å². The van der Waals surface area contributed by atoms with Gasteiger partial charge in [0.1, 0.15) is 11.5 Å². The standard InChI is InChI=1S/C14H16N4O/c1-9-5-4-6-10(2)13(9)18-14(19)11-7-17-12(15-3)8-16-11/h4-8H,1-3H3,(H,15,17)(H,18,19). The van der Waals surface area contributed by atoms with Crippen molar-refractivity contribution >= 4 is 17.4 Å². The summed E-state index contributed by atoms with van der Waals surface area (Å²) in [7, 11) is 1.75. The molecule has 5 nitrogen and oxygen atoms in total. The Kier molecular flexibility index (Phi) is 3.75. The average Bonchev–Trinajstić information content (AvgIpc) is 2.43. The van der Waals surface area contributed by atoms with Crippen LogP contribution in [0.15, 0.2) is 30.6 Å². The molecule has 0 unspecified atom stereocenters. The van der Waals surface area contributed by atoms with E-state index in [1.165, 1.54) is 12.4 Å². The van der Waals surface area contributed by atoms with Crippen LogP contribution in [0.4, 0.5) is 11.5 Å². The van der Waals surface area contributed by atoms with Gasteiger partial charge in [-0.3, -0.25) is 4.79 Å². The number of amides is 1. The van der Waals surface area contributed by atoms with Gasteiger partial charge in [0.2, 0.25) is 0 Å². The highest BCUT2D eigenvalue weighted by molar-refractivity contribution is 6.03. The van der Waals surface area contributed by atoms with Gasteiger partial charge in [-0.2, -0.15) is 0 Å². The van der Waals surface area contributed by atoms with E-state index in [-0.39, 0.29) is 5.91 Å². The molecule has 1 heterocycles. The minimum atomic E-state index is -0.257. The zero-order valence-electron chi connectivity index (χ0n) is 11.2. The molecule has 98 valence electrons. The molecule has 0 atom stereocenters. The summed E-state index contributed by atoms with van der Waals surface area (Å²) in [5, 5.41) is 5.73. The molecule has 0 bridgehead atoms. The number of nitrogens with one attached hydrogen (secondary N) is 2. The molecule has 0 radical (unpaired) electrons. The molecule has 2 aromatic rings. The zero-order valence-corrected chi connectivity index (χ0v) is 11.2. The molecular weight excluding hydrogens is 240 g/mol. The Morgan fingerprint density at radius 2 is 1.79 bits per heavy atom. The predicted molar refractivity (Wildman–Crippen MR) is 75.4 cm³/mol. The van der Waals surface area contributed by atoms with Crippen molar-refractivity contribution in [3.05, 3.63) is 47.4 Å². The molecule has 0 aliphatic heterocycles. The van der Waals surface area contributed by atoms with Gasteiger partial charge in [-0.05, 0) is 25.0 Å². The zero-order chi connectivity index (χ0) is 13.8. The summed E-state index contributed by atoms with van der Waals surface area (Å²) in [5.74, 6) is 0.371. The lowest BCUT2D eigenvalue weighted by Gasteiger charge is -2.11. The maximum Gasteiger partial charge on any atom is 0.275 e. The molecule has 0 aliphatic rings. The molecule has 0 aliphatic carbocycles. The quantitative estimate of drug-likeness (QED) is 0.884. The van der Waals surface area contributed by atoms with Crippen molar-refractivity contribution in [1.29, 1.82) is 0 Å². The van der Waals surface area contributed by atoms with Gasteiger partial charge >= 0.3 is 0 Å². The Balaban J connectivity index is 2.20. The van der Waals surface area contributed by atoms with E-state index < -0.39 is 0 Å². The molecule has 19 heavy (non-hydrogen) atoms. The first-order valence-electron chi connectivity index (χ1n) is 5.99. The van der Waals surface area contributed by atoms with Crippen molar-refractivity contribution in [1.82, 2.24) is 9.97 Å². The molecule has 1 amide bonds. The molecule has 0 saturated heterocycles. The minimum Gasteiger partial charge on any atom is -0.372 e. The monoisotopic (exact) mass is 256 g/mol. The number of hydrogen-bond donors (Lipinski definition) is 2. The molecule has 5 heteroatoms. The summed E-state index contributed by atoms with van der Waals surface area (Å²) in [6.07, 6.45) is 2.98. The molecule has 1 aromatic heterocycles.